The van der Waals surface area contributed by atoms with Crippen molar-refractivity contribution < 1.29 is 4.79 Å². The zero-order valence-corrected chi connectivity index (χ0v) is 15.3. The fraction of sp³-hybridized carbons (Fsp3) is 0.333. The van der Waals surface area contributed by atoms with Gasteiger partial charge in [-0.15, -0.1) is 11.3 Å². The molecule has 1 aliphatic rings. The van der Waals surface area contributed by atoms with Crippen molar-refractivity contribution in [1.82, 2.24) is 9.80 Å². The third-order valence-electron chi connectivity index (χ3n) is 4.17. The van der Waals surface area contributed by atoms with E-state index in [-0.39, 0.29) is 5.91 Å². The molecule has 0 bridgehead atoms. The van der Waals surface area contributed by atoms with Gasteiger partial charge in [0.25, 0.3) is 0 Å². The number of nitriles is 1. The van der Waals surface area contributed by atoms with Gasteiger partial charge in [0.1, 0.15) is 11.1 Å². The van der Waals surface area contributed by atoms with Crippen LogP contribution in [0.4, 0.5) is 5.00 Å². The molecule has 1 saturated heterocycles. The zero-order chi connectivity index (χ0) is 17.6. The van der Waals surface area contributed by atoms with E-state index >= 15 is 0 Å². The number of amides is 1. The van der Waals surface area contributed by atoms with E-state index in [1.54, 1.807) is 6.07 Å². The zero-order valence-electron chi connectivity index (χ0n) is 13.7. The third kappa shape index (κ3) is 5.03. The molecule has 7 heteroatoms. The summed E-state index contributed by atoms with van der Waals surface area (Å²) in [5.74, 6) is -0.0674. The van der Waals surface area contributed by atoms with Gasteiger partial charge in [-0.05, 0) is 29.1 Å². The van der Waals surface area contributed by atoms with Crippen LogP contribution in [0.2, 0.25) is 5.02 Å². The van der Waals surface area contributed by atoms with Gasteiger partial charge in [0.15, 0.2) is 0 Å². The number of nitrogens with zero attached hydrogens (tertiary/aromatic N) is 3. The number of hydrogen-bond donors (Lipinski definition) is 1. The smallest absolute Gasteiger partial charge is 0.239 e. The molecule has 3 rings (SSSR count). The Kier molecular flexibility index (Phi) is 6.05. The second kappa shape index (κ2) is 8.45. The number of rotatable bonds is 5. The van der Waals surface area contributed by atoms with Crippen LogP contribution in [0.5, 0.6) is 0 Å². The van der Waals surface area contributed by atoms with Crippen LogP contribution < -0.4 is 5.32 Å². The molecule has 25 heavy (non-hydrogen) atoms. The summed E-state index contributed by atoms with van der Waals surface area (Å²) in [6.07, 6.45) is 0. The van der Waals surface area contributed by atoms with Crippen LogP contribution in [0.3, 0.4) is 0 Å². The van der Waals surface area contributed by atoms with Crippen molar-refractivity contribution in [1.29, 1.82) is 5.26 Å². The van der Waals surface area contributed by atoms with Crippen molar-refractivity contribution in [2.75, 3.05) is 38.0 Å². The highest BCUT2D eigenvalue weighted by Gasteiger charge is 2.19. The summed E-state index contributed by atoms with van der Waals surface area (Å²) in [5.41, 5.74) is 1.73. The number of hydrogen-bond acceptors (Lipinski definition) is 5. The number of benzene rings is 1. The minimum absolute atomic E-state index is 0.0674. The average Bonchev–Trinajstić information content (AvgIpc) is 3.03. The Labute approximate surface area is 156 Å². The van der Waals surface area contributed by atoms with Crippen LogP contribution in [0.1, 0.15) is 11.1 Å². The van der Waals surface area contributed by atoms with E-state index in [0.29, 0.717) is 17.1 Å². The molecule has 1 fully saturated rings. The SMILES string of the molecule is N#Cc1ccsc1NC(=O)CN1CCN(Cc2cccc(Cl)c2)CC1. The van der Waals surface area contributed by atoms with Crippen molar-refractivity contribution in [2.45, 2.75) is 6.54 Å². The van der Waals surface area contributed by atoms with Crippen molar-refractivity contribution >= 4 is 33.8 Å². The van der Waals surface area contributed by atoms with E-state index in [1.165, 1.54) is 16.9 Å². The van der Waals surface area contributed by atoms with Gasteiger partial charge >= 0.3 is 0 Å². The fourth-order valence-corrected chi connectivity index (χ4v) is 3.83. The van der Waals surface area contributed by atoms with Crippen LogP contribution in [0, 0.1) is 11.3 Å². The first kappa shape index (κ1) is 17.9. The summed E-state index contributed by atoms with van der Waals surface area (Å²) in [4.78, 5) is 16.7. The number of anilines is 1. The predicted octanol–water partition coefficient (Wildman–Crippen LogP) is 3.03. The lowest BCUT2D eigenvalue weighted by Gasteiger charge is -2.34. The second-order valence-electron chi connectivity index (χ2n) is 6.01. The van der Waals surface area contributed by atoms with E-state index in [9.17, 15) is 4.79 Å². The molecule has 2 heterocycles. The first-order chi connectivity index (χ1) is 12.1. The maximum Gasteiger partial charge on any atom is 0.239 e. The molecular formula is C18H19ClN4OS. The second-order valence-corrected chi connectivity index (χ2v) is 7.36. The van der Waals surface area contributed by atoms with Gasteiger partial charge < -0.3 is 5.32 Å². The summed E-state index contributed by atoms with van der Waals surface area (Å²) < 4.78 is 0. The maximum atomic E-state index is 12.2. The lowest BCUT2D eigenvalue weighted by atomic mass is 10.2. The molecule has 1 N–H and O–H groups in total. The van der Waals surface area contributed by atoms with Gasteiger partial charge in [0.05, 0.1) is 12.1 Å². The quantitative estimate of drug-likeness (QED) is 0.873. The van der Waals surface area contributed by atoms with Crippen molar-refractivity contribution in [3.05, 3.63) is 51.9 Å². The van der Waals surface area contributed by atoms with Crippen molar-refractivity contribution in [3.63, 3.8) is 0 Å². The summed E-state index contributed by atoms with van der Waals surface area (Å²) in [5, 5.41) is 15.0. The Hall–Kier alpha value is -1.91. The van der Waals surface area contributed by atoms with Gasteiger partial charge in [-0.3, -0.25) is 14.6 Å². The monoisotopic (exact) mass is 374 g/mol. The average molecular weight is 375 g/mol. The first-order valence-corrected chi connectivity index (χ1v) is 9.36. The van der Waals surface area contributed by atoms with Gasteiger partial charge in [-0.1, -0.05) is 23.7 Å². The highest BCUT2D eigenvalue weighted by Crippen LogP contribution is 2.22. The molecule has 1 aromatic carbocycles. The molecule has 1 aliphatic heterocycles. The first-order valence-electron chi connectivity index (χ1n) is 8.10. The molecule has 2 aromatic rings. The van der Waals surface area contributed by atoms with Crippen molar-refractivity contribution in [2.24, 2.45) is 0 Å². The Morgan fingerprint density at radius 2 is 2.00 bits per heavy atom. The Morgan fingerprint density at radius 1 is 1.24 bits per heavy atom. The van der Waals surface area contributed by atoms with Gasteiger partial charge in [-0.25, -0.2) is 0 Å². The standard InChI is InChI=1S/C18H19ClN4OS/c19-16-3-1-2-14(10-16)12-22-5-7-23(8-6-22)13-17(24)21-18-15(11-20)4-9-25-18/h1-4,9-10H,5-8,12-13H2,(H,21,24). The molecule has 0 aliphatic carbocycles. The topological polar surface area (TPSA) is 59.4 Å². The third-order valence-corrected chi connectivity index (χ3v) is 5.23. The number of carbonyl (C=O) groups is 1. The predicted molar refractivity (Wildman–Crippen MR) is 101 cm³/mol. The summed E-state index contributed by atoms with van der Waals surface area (Å²) >= 11 is 7.41. The van der Waals surface area contributed by atoms with E-state index in [4.69, 9.17) is 16.9 Å². The van der Waals surface area contributed by atoms with E-state index in [0.717, 1.165) is 37.7 Å². The largest absolute Gasteiger partial charge is 0.315 e. The van der Waals surface area contributed by atoms with Gasteiger partial charge in [-0.2, -0.15) is 5.26 Å². The lowest BCUT2D eigenvalue weighted by Crippen LogP contribution is -2.48. The minimum atomic E-state index is -0.0674. The highest BCUT2D eigenvalue weighted by molar-refractivity contribution is 7.14. The Morgan fingerprint density at radius 3 is 2.72 bits per heavy atom. The van der Waals surface area contributed by atoms with E-state index in [1.807, 2.05) is 23.6 Å². The highest BCUT2D eigenvalue weighted by atomic mass is 35.5. The van der Waals surface area contributed by atoms with E-state index < -0.39 is 0 Å². The van der Waals surface area contributed by atoms with Crippen molar-refractivity contribution in [3.8, 4) is 6.07 Å². The summed E-state index contributed by atoms with van der Waals surface area (Å²) in [7, 11) is 0. The van der Waals surface area contributed by atoms with Gasteiger partial charge in [0.2, 0.25) is 5.91 Å². The summed E-state index contributed by atoms with van der Waals surface area (Å²) in [6.45, 7) is 4.77. The maximum absolute atomic E-state index is 12.2. The number of halogens is 1. The normalized spacial score (nSPS) is 15.7. The van der Waals surface area contributed by atoms with E-state index in [2.05, 4.69) is 27.3 Å². The number of carbonyl (C=O) groups excluding carboxylic acids is 1. The number of thiophene rings is 1. The molecule has 5 nitrogen and oxygen atoms in total. The number of nitrogens with one attached hydrogen (secondary N) is 1. The molecular weight excluding hydrogens is 356 g/mol. The fourth-order valence-electron chi connectivity index (χ4n) is 2.86. The molecule has 0 saturated carbocycles. The molecule has 0 radical (unpaired) electrons. The molecule has 1 amide bonds. The molecule has 130 valence electrons. The van der Waals surface area contributed by atoms with Crippen LogP contribution in [-0.4, -0.2) is 48.4 Å². The van der Waals surface area contributed by atoms with Crippen LogP contribution in [0.25, 0.3) is 0 Å². The van der Waals surface area contributed by atoms with Crippen LogP contribution in [0.15, 0.2) is 35.7 Å². The van der Waals surface area contributed by atoms with Gasteiger partial charge in [0, 0.05) is 37.7 Å². The Balaban J connectivity index is 1.44. The minimum Gasteiger partial charge on any atom is -0.315 e. The molecule has 0 unspecified atom stereocenters. The molecule has 0 spiro atoms. The number of piperazine rings is 1. The summed E-state index contributed by atoms with van der Waals surface area (Å²) in [6, 6.07) is 11.7. The lowest BCUT2D eigenvalue weighted by molar-refractivity contribution is -0.117. The Bertz CT molecular complexity index is 777. The molecule has 1 aromatic heterocycles. The van der Waals surface area contributed by atoms with Crippen LogP contribution in [-0.2, 0) is 11.3 Å². The van der Waals surface area contributed by atoms with Crippen LogP contribution >= 0.6 is 22.9 Å². The molecule has 0 atom stereocenters.